The highest BCUT2D eigenvalue weighted by Gasteiger charge is 2.26. The Hall–Kier alpha value is -2.83. The van der Waals surface area contributed by atoms with E-state index in [1.807, 2.05) is 0 Å². The lowest BCUT2D eigenvalue weighted by molar-refractivity contribution is -0.139. The first-order valence-electron chi connectivity index (χ1n) is 9.07. The summed E-state index contributed by atoms with van der Waals surface area (Å²) in [6.45, 7) is -1.06. The molecule has 0 aromatic heterocycles. The van der Waals surface area contributed by atoms with E-state index in [1.54, 1.807) is 0 Å². The molecule has 8 nitrogen and oxygen atoms in total. The Balaban J connectivity index is 1.89. The number of rotatable bonds is 13. The summed E-state index contributed by atoms with van der Waals surface area (Å²) in [6, 6.07) is 0.428. The highest BCUT2D eigenvalue weighted by atomic mass is 19.2. The number of carbonyl (C=O) groups is 3. The molecule has 1 aliphatic rings. The lowest BCUT2D eigenvalue weighted by Crippen LogP contribution is -2.33. The zero-order chi connectivity index (χ0) is 23.0. The molecule has 1 aromatic rings. The molecule has 0 fully saturated rings. The molecule has 0 radical (unpaired) electrons. The van der Waals surface area contributed by atoms with Crippen molar-refractivity contribution in [2.45, 2.75) is 12.5 Å². The standard InChI is InChI=1S/C19H19F4NO7/c20-12-9-11(17(21)19(23)18(12)22)13(10-30-5-3-16(27)28)31-8-7-29-6-4-24-14(25)1-2-15(24)26/h1-2,9,13H,3-8,10H2,(H,27,28). The second-order valence-electron chi connectivity index (χ2n) is 6.24. The molecule has 1 aromatic carbocycles. The van der Waals surface area contributed by atoms with Gasteiger partial charge in [0.25, 0.3) is 11.8 Å². The SMILES string of the molecule is O=C(O)CCOCC(OCCOCCN1C(=O)C=CC1=O)c1cc(F)c(F)c(F)c1F. The fourth-order valence-electron chi connectivity index (χ4n) is 2.56. The van der Waals surface area contributed by atoms with Gasteiger partial charge in [-0.1, -0.05) is 0 Å². The Morgan fingerprint density at radius 3 is 2.26 bits per heavy atom. The maximum absolute atomic E-state index is 14.1. The van der Waals surface area contributed by atoms with Crippen LogP contribution in [0.4, 0.5) is 17.6 Å². The molecule has 0 saturated heterocycles. The predicted octanol–water partition coefficient (Wildman–Crippen LogP) is 1.73. The van der Waals surface area contributed by atoms with Crippen LogP contribution in [0, 0.1) is 23.3 Å². The van der Waals surface area contributed by atoms with Crippen molar-refractivity contribution in [2.75, 3.05) is 39.6 Å². The normalized spacial score (nSPS) is 14.5. The van der Waals surface area contributed by atoms with Crippen LogP contribution >= 0.6 is 0 Å². The smallest absolute Gasteiger partial charge is 0.305 e. The van der Waals surface area contributed by atoms with Gasteiger partial charge in [-0.2, -0.15) is 0 Å². The summed E-state index contributed by atoms with van der Waals surface area (Å²) in [4.78, 5) is 34.3. The summed E-state index contributed by atoms with van der Waals surface area (Å²) in [5.74, 6) is -9.38. The predicted molar refractivity (Wildman–Crippen MR) is 94.7 cm³/mol. The summed E-state index contributed by atoms with van der Waals surface area (Å²) in [7, 11) is 0. The van der Waals surface area contributed by atoms with E-state index < -0.39 is 59.3 Å². The van der Waals surface area contributed by atoms with Crippen LogP contribution in [0.5, 0.6) is 0 Å². The van der Waals surface area contributed by atoms with Gasteiger partial charge in [0.15, 0.2) is 23.3 Å². The van der Waals surface area contributed by atoms with Gasteiger partial charge in [0.05, 0.1) is 46.0 Å². The number of carboxylic acid groups (broad SMARTS) is 1. The van der Waals surface area contributed by atoms with Gasteiger partial charge in [-0.05, 0) is 6.07 Å². The fourth-order valence-corrected chi connectivity index (χ4v) is 2.56. The van der Waals surface area contributed by atoms with Crippen LogP contribution in [-0.4, -0.2) is 67.4 Å². The first kappa shape index (κ1) is 24.4. The zero-order valence-electron chi connectivity index (χ0n) is 16.1. The van der Waals surface area contributed by atoms with Crippen molar-refractivity contribution in [3.8, 4) is 0 Å². The number of amides is 2. The molecule has 0 saturated carbocycles. The summed E-state index contributed by atoms with van der Waals surface area (Å²) in [5.41, 5.74) is -0.647. The van der Waals surface area contributed by atoms with Crippen LogP contribution in [0.25, 0.3) is 0 Å². The van der Waals surface area contributed by atoms with E-state index in [0.717, 1.165) is 17.1 Å². The second-order valence-corrected chi connectivity index (χ2v) is 6.24. The highest BCUT2D eigenvalue weighted by molar-refractivity contribution is 6.12. The average molecular weight is 449 g/mol. The number of nitrogens with zero attached hydrogens (tertiary/aromatic N) is 1. The zero-order valence-corrected chi connectivity index (χ0v) is 16.1. The second kappa shape index (κ2) is 11.5. The van der Waals surface area contributed by atoms with Crippen molar-refractivity contribution in [3.63, 3.8) is 0 Å². The van der Waals surface area contributed by atoms with Gasteiger partial charge < -0.3 is 19.3 Å². The van der Waals surface area contributed by atoms with Gasteiger partial charge in [0.2, 0.25) is 0 Å². The number of aliphatic carboxylic acids is 1. The van der Waals surface area contributed by atoms with Crippen molar-refractivity contribution < 1.29 is 51.3 Å². The minimum atomic E-state index is -2.01. The first-order valence-corrected chi connectivity index (χ1v) is 9.07. The molecule has 2 rings (SSSR count). The van der Waals surface area contributed by atoms with Gasteiger partial charge in [-0.25, -0.2) is 17.6 Å². The number of carbonyl (C=O) groups excluding carboxylic acids is 2. The number of hydrogen-bond acceptors (Lipinski definition) is 6. The van der Waals surface area contributed by atoms with Crippen LogP contribution in [0.2, 0.25) is 0 Å². The van der Waals surface area contributed by atoms with E-state index in [4.69, 9.17) is 19.3 Å². The number of halogens is 4. The third kappa shape index (κ3) is 6.84. The van der Waals surface area contributed by atoms with Gasteiger partial charge >= 0.3 is 5.97 Å². The minimum absolute atomic E-state index is 0.00456. The highest BCUT2D eigenvalue weighted by Crippen LogP contribution is 2.26. The van der Waals surface area contributed by atoms with Crippen molar-refractivity contribution in [2.24, 2.45) is 0 Å². The van der Waals surface area contributed by atoms with Crippen LogP contribution in [0.3, 0.4) is 0 Å². The van der Waals surface area contributed by atoms with Crippen molar-refractivity contribution >= 4 is 17.8 Å². The Morgan fingerprint density at radius 1 is 0.935 bits per heavy atom. The molecular formula is C19H19F4NO7. The largest absolute Gasteiger partial charge is 0.481 e. The summed E-state index contributed by atoms with van der Waals surface area (Å²) in [5, 5.41) is 8.60. The van der Waals surface area contributed by atoms with Crippen LogP contribution in [-0.2, 0) is 28.6 Å². The maximum Gasteiger partial charge on any atom is 0.305 e. The third-order valence-corrected chi connectivity index (χ3v) is 4.11. The van der Waals surface area contributed by atoms with Crippen molar-refractivity contribution in [3.05, 3.63) is 47.1 Å². The molecular weight excluding hydrogens is 430 g/mol. The Labute approximate surface area is 174 Å². The van der Waals surface area contributed by atoms with Crippen molar-refractivity contribution in [1.29, 1.82) is 0 Å². The van der Waals surface area contributed by atoms with Crippen LogP contribution in [0.15, 0.2) is 18.2 Å². The molecule has 12 heteroatoms. The lowest BCUT2D eigenvalue weighted by atomic mass is 10.1. The molecule has 0 aliphatic carbocycles. The van der Waals surface area contributed by atoms with Crippen molar-refractivity contribution in [1.82, 2.24) is 4.90 Å². The van der Waals surface area contributed by atoms with Crippen LogP contribution in [0.1, 0.15) is 18.1 Å². The maximum atomic E-state index is 14.1. The molecule has 1 aliphatic heterocycles. The van der Waals surface area contributed by atoms with E-state index in [2.05, 4.69) is 0 Å². The third-order valence-electron chi connectivity index (χ3n) is 4.11. The number of carboxylic acids is 1. The Kier molecular flexibility index (Phi) is 9.09. The first-order chi connectivity index (χ1) is 14.7. The quantitative estimate of drug-likeness (QED) is 0.161. The van der Waals surface area contributed by atoms with E-state index in [9.17, 15) is 31.9 Å². The molecule has 1 unspecified atom stereocenters. The molecule has 170 valence electrons. The van der Waals surface area contributed by atoms with E-state index >= 15 is 0 Å². The molecule has 31 heavy (non-hydrogen) atoms. The van der Waals surface area contributed by atoms with Crippen LogP contribution < -0.4 is 0 Å². The number of benzene rings is 1. The Morgan fingerprint density at radius 2 is 1.61 bits per heavy atom. The molecule has 1 heterocycles. The van der Waals surface area contributed by atoms with E-state index in [-0.39, 0.29) is 39.4 Å². The van der Waals surface area contributed by atoms with E-state index in [0.29, 0.717) is 6.07 Å². The minimum Gasteiger partial charge on any atom is -0.481 e. The molecule has 0 bridgehead atoms. The molecule has 2 amide bonds. The number of hydrogen-bond donors (Lipinski definition) is 1. The Bertz CT molecular complexity index is 844. The van der Waals surface area contributed by atoms with Gasteiger partial charge in [0, 0.05) is 17.7 Å². The number of imide groups is 1. The lowest BCUT2D eigenvalue weighted by Gasteiger charge is -2.20. The fraction of sp³-hybridized carbons (Fsp3) is 0.421. The molecule has 1 N–H and O–H groups in total. The summed E-state index contributed by atoms with van der Waals surface area (Å²) >= 11 is 0. The summed E-state index contributed by atoms with van der Waals surface area (Å²) < 4.78 is 70.0. The number of ether oxygens (including phenoxy) is 3. The van der Waals surface area contributed by atoms with E-state index in [1.165, 1.54) is 0 Å². The van der Waals surface area contributed by atoms with Gasteiger partial charge in [-0.3, -0.25) is 19.3 Å². The summed E-state index contributed by atoms with van der Waals surface area (Å²) in [6.07, 6.45) is 0.493. The van der Waals surface area contributed by atoms with Gasteiger partial charge in [-0.15, -0.1) is 0 Å². The topological polar surface area (TPSA) is 102 Å². The molecule has 1 atom stereocenters. The monoisotopic (exact) mass is 449 g/mol. The average Bonchev–Trinajstić information content (AvgIpc) is 3.05. The van der Waals surface area contributed by atoms with Gasteiger partial charge in [0.1, 0.15) is 6.10 Å². The molecule has 0 spiro atoms.